The zero-order valence-corrected chi connectivity index (χ0v) is 11.6. The Kier molecular flexibility index (Phi) is 3.39. The van der Waals surface area contributed by atoms with Crippen molar-refractivity contribution in [3.8, 4) is 22.9 Å². The molecule has 0 bridgehead atoms. The van der Waals surface area contributed by atoms with Crippen LogP contribution in [0.15, 0.2) is 21.1 Å². The number of aromatic nitrogens is 2. The maximum atomic E-state index is 5.75. The Labute approximate surface area is 118 Å². The van der Waals surface area contributed by atoms with Crippen LogP contribution in [-0.2, 0) is 6.54 Å². The zero-order chi connectivity index (χ0) is 13.2. The third kappa shape index (κ3) is 2.31. The molecule has 2 aromatic rings. The fraction of sp³-hybridized carbons (Fsp3) is 0.333. The molecule has 1 aromatic heterocycles. The molecule has 0 fully saturated rings. The first kappa shape index (κ1) is 12.4. The van der Waals surface area contributed by atoms with Gasteiger partial charge in [-0.1, -0.05) is 5.16 Å². The van der Waals surface area contributed by atoms with Gasteiger partial charge in [0.2, 0.25) is 11.7 Å². The van der Waals surface area contributed by atoms with Crippen molar-refractivity contribution < 1.29 is 14.0 Å². The number of nitrogens with two attached hydrogens (primary N) is 1. The Morgan fingerprint density at radius 1 is 1.21 bits per heavy atom. The van der Waals surface area contributed by atoms with Crippen molar-refractivity contribution in [2.24, 2.45) is 5.73 Å². The predicted octanol–water partition coefficient (Wildman–Crippen LogP) is 2.12. The van der Waals surface area contributed by atoms with Gasteiger partial charge in [0.25, 0.3) is 0 Å². The summed E-state index contributed by atoms with van der Waals surface area (Å²) in [5.74, 6) is 2.15. The fourth-order valence-electron chi connectivity index (χ4n) is 1.85. The topological polar surface area (TPSA) is 83.4 Å². The molecule has 0 amide bonds. The van der Waals surface area contributed by atoms with E-state index in [2.05, 4.69) is 26.1 Å². The van der Waals surface area contributed by atoms with E-state index in [1.165, 1.54) is 0 Å². The van der Waals surface area contributed by atoms with E-state index in [1.807, 2.05) is 12.1 Å². The molecule has 0 atom stereocenters. The van der Waals surface area contributed by atoms with E-state index in [1.54, 1.807) is 0 Å². The summed E-state index contributed by atoms with van der Waals surface area (Å²) in [6.45, 7) is 1.43. The van der Waals surface area contributed by atoms with Gasteiger partial charge in [-0.2, -0.15) is 4.98 Å². The van der Waals surface area contributed by atoms with E-state index in [9.17, 15) is 0 Å². The summed E-state index contributed by atoms with van der Waals surface area (Å²) >= 11 is 3.45. The van der Waals surface area contributed by atoms with Gasteiger partial charge in [0.15, 0.2) is 11.5 Å². The Morgan fingerprint density at radius 2 is 2.00 bits per heavy atom. The lowest BCUT2D eigenvalue weighted by atomic mass is 10.1. The Hall–Kier alpha value is -1.60. The lowest BCUT2D eigenvalue weighted by molar-refractivity contribution is 0.296. The third-order valence-electron chi connectivity index (χ3n) is 2.73. The predicted molar refractivity (Wildman–Crippen MR) is 70.9 cm³/mol. The Morgan fingerprint density at radius 3 is 2.74 bits per heavy atom. The minimum absolute atomic E-state index is 0.211. The number of benzene rings is 1. The molecule has 0 spiro atoms. The maximum Gasteiger partial charge on any atom is 0.240 e. The molecule has 0 unspecified atom stereocenters. The van der Waals surface area contributed by atoms with Crippen molar-refractivity contribution in [3.63, 3.8) is 0 Å². The van der Waals surface area contributed by atoms with Crippen molar-refractivity contribution >= 4 is 15.9 Å². The third-order valence-corrected chi connectivity index (χ3v) is 3.35. The molecule has 2 heterocycles. The summed E-state index contributed by atoms with van der Waals surface area (Å²) in [7, 11) is 0. The molecular weight excluding hydrogens is 314 g/mol. The van der Waals surface area contributed by atoms with Gasteiger partial charge in [-0.15, -0.1) is 0 Å². The van der Waals surface area contributed by atoms with E-state index < -0.39 is 0 Å². The molecule has 100 valence electrons. The van der Waals surface area contributed by atoms with Crippen LogP contribution in [0.2, 0.25) is 0 Å². The van der Waals surface area contributed by atoms with E-state index in [-0.39, 0.29) is 6.54 Å². The van der Waals surface area contributed by atoms with Gasteiger partial charge >= 0.3 is 0 Å². The number of fused-ring (bicyclic) bond motifs is 1. The number of hydrogen-bond acceptors (Lipinski definition) is 6. The summed E-state index contributed by atoms with van der Waals surface area (Å²) in [6, 6.07) is 3.74. The van der Waals surface area contributed by atoms with Crippen molar-refractivity contribution in [1.29, 1.82) is 0 Å². The van der Waals surface area contributed by atoms with E-state index in [0.717, 1.165) is 16.5 Å². The number of rotatable bonds is 2. The summed E-state index contributed by atoms with van der Waals surface area (Å²) in [5, 5.41) is 3.91. The van der Waals surface area contributed by atoms with E-state index in [4.69, 9.17) is 19.7 Å². The number of halogens is 1. The van der Waals surface area contributed by atoms with Crippen LogP contribution >= 0.6 is 15.9 Å². The van der Waals surface area contributed by atoms with Gasteiger partial charge in [-0.25, -0.2) is 0 Å². The quantitative estimate of drug-likeness (QED) is 0.910. The van der Waals surface area contributed by atoms with Gasteiger partial charge in [0, 0.05) is 6.42 Å². The normalized spacial score (nSPS) is 14.2. The highest BCUT2D eigenvalue weighted by atomic mass is 79.9. The van der Waals surface area contributed by atoms with E-state index >= 15 is 0 Å². The lowest BCUT2D eigenvalue weighted by Crippen LogP contribution is -1.98. The van der Waals surface area contributed by atoms with Crippen molar-refractivity contribution in [1.82, 2.24) is 10.1 Å². The summed E-state index contributed by atoms with van der Waals surface area (Å²) in [5.41, 5.74) is 6.21. The van der Waals surface area contributed by atoms with Gasteiger partial charge in [0.05, 0.1) is 29.8 Å². The molecule has 1 aliphatic rings. The van der Waals surface area contributed by atoms with Crippen LogP contribution in [0.1, 0.15) is 12.3 Å². The maximum absolute atomic E-state index is 5.75. The molecule has 0 saturated heterocycles. The molecular formula is C12H12BrN3O3. The van der Waals surface area contributed by atoms with Gasteiger partial charge < -0.3 is 19.7 Å². The Balaban J connectivity index is 2.11. The average Bonchev–Trinajstić information content (AvgIpc) is 2.76. The standard InChI is InChI=1S/C12H12BrN3O3/c13-8-3-2-7(12-15-9(6-14)19-16-12)10-11(8)18-5-1-4-17-10/h2-3H,1,4-6,14H2. The second-order valence-electron chi connectivity index (χ2n) is 4.02. The van der Waals surface area contributed by atoms with Crippen LogP contribution in [0.4, 0.5) is 0 Å². The SMILES string of the molecule is NCc1nc(-c2ccc(Br)c3c2OCCCO3)no1. The molecule has 3 rings (SSSR count). The largest absolute Gasteiger partial charge is 0.489 e. The number of ether oxygens (including phenoxy) is 2. The molecule has 1 aromatic carbocycles. The van der Waals surface area contributed by atoms with Crippen molar-refractivity contribution in [2.75, 3.05) is 13.2 Å². The molecule has 6 nitrogen and oxygen atoms in total. The molecule has 7 heteroatoms. The molecule has 0 saturated carbocycles. The number of nitrogens with zero attached hydrogens (tertiary/aromatic N) is 2. The smallest absolute Gasteiger partial charge is 0.240 e. The van der Waals surface area contributed by atoms with Crippen LogP contribution in [0.5, 0.6) is 11.5 Å². The lowest BCUT2D eigenvalue weighted by Gasteiger charge is -2.11. The second-order valence-corrected chi connectivity index (χ2v) is 4.87. The minimum atomic E-state index is 0.211. The summed E-state index contributed by atoms with van der Waals surface area (Å²) < 4.78 is 17.3. The molecule has 19 heavy (non-hydrogen) atoms. The molecule has 1 aliphatic heterocycles. The molecule has 0 aliphatic carbocycles. The summed E-state index contributed by atoms with van der Waals surface area (Å²) in [6.07, 6.45) is 0.834. The fourth-order valence-corrected chi connectivity index (χ4v) is 2.27. The van der Waals surface area contributed by atoms with E-state index in [0.29, 0.717) is 36.4 Å². The molecule has 2 N–H and O–H groups in total. The minimum Gasteiger partial charge on any atom is -0.489 e. The van der Waals surface area contributed by atoms with Crippen LogP contribution in [0.25, 0.3) is 11.4 Å². The monoisotopic (exact) mass is 325 g/mol. The van der Waals surface area contributed by atoms with Crippen molar-refractivity contribution in [3.05, 3.63) is 22.5 Å². The van der Waals surface area contributed by atoms with Gasteiger partial charge in [-0.3, -0.25) is 0 Å². The van der Waals surface area contributed by atoms with Crippen molar-refractivity contribution in [2.45, 2.75) is 13.0 Å². The first-order valence-electron chi connectivity index (χ1n) is 5.90. The van der Waals surface area contributed by atoms with Gasteiger partial charge in [-0.05, 0) is 28.1 Å². The highest BCUT2D eigenvalue weighted by molar-refractivity contribution is 9.10. The first-order valence-corrected chi connectivity index (χ1v) is 6.70. The Bertz CT molecular complexity index is 600. The first-order chi connectivity index (χ1) is 9.29. The summed E-state index contributed by atoms with van der Waals surface area (Å²) in [4.78, 5) is 4.21. The van der Waals surface area contributed by atoms with Crippen LogP contribution in [0, 0.1) is 0 Å². The second kappa shape index (κ2) is 5.18. The number of hydrogen-bond donors (Lipinski definition) is 1. The highest BCUT2D eigenvalue weighted by Crippen LogP contribution is 2.43. The van der Waals surface area contributed by atoms with Gasteiger partial charge in [0.1, 0.15) is 0 Å². The zero-order valence-electron chi connectivity index (χ0n) is 10.1. The highest BCUT2D eigenvalue weighted by Gasteiger charge is 2.21. The average molecular weight is 326 g/mol. The van der Waals surface area contributed by atoms with Crippen LogP contribution in [0.3, 0.4) is 0 Å². The van der Waals surface area contributed by atoms with Crippen LogP contribution < -0.4 is 15.2 Å². The van der Waals surface area contributed by atoms with Crippen LogP contribution in [-0.4, -0.2) is 23.4 Å². The molecule has 0 radical (unpaired) electrons.